The maximum Gasteiger partial charge on any atom is 0.220 e. The third-order valence-electron chi connectivity index (χ3n) is 2.74. The number of nitrogens with zero attached hydrogens (tertiary/aromatic N) is 1. The van der Waals surface area contributed by atoms with Gasteiger partial charge in [-0.05, 0) is 37.5 Å². The fourth-order valence-electron chi connectivity index (χ4n) is 1.45. The monoisotopic (exact) mass is 230 g/mol. The average Bonchev–Trinajstić information content (AvgIpc) is 2.36. The summed E-state index contributed by atoms with van der Waals surface area (Å²) in [6, 6.07) is 9.67. The van der Waals surface area contributed by atoms with Gasteiger partial charge in [-0.1, -0.05) is 19.1 Å². The lowest BCUT2D eigenvalue weighted by molar-refractivity contribution is -0.121. The van der Waals surface area contributed by atoms with E-state index in [0.29, 0.717) is 18.4 Å². The Labute approximate surface area is 102 Å². The number of benzene rings is 1. The van der Waals surface area contributed by atoms with E-state index in [1.807, 2.05) is 26.0 Å². The minimum atomic E-state index is 0.0868. The molecule has 0 aliphatic carbocycles. The number of hydrogen-bond acceptors (Lipinski definition) is 2. The van der Waals surface area contributed by atoms with Crippen LogP contribution in [0.1, 0.15) is 37.8 Å². The fourth-order valence-corrected chi connectivity index (χ4v) is 1.45. The fraction of sp³-hybridized carbons (Fsp3) is 0.429. The molecule has 0 fully saturated rings. The number of nitrogens with one attached hydrogen (secondary N) is 1. The van der Waals surface area contributed by atoms with E-state index >= 15 is 0 Å². The molecule has 0 aliphatic rings. The van der Waals surface area contributed by atoms with Crippen LogP contribution >= 0.6 is 0 Å². The summed E-state index contributed by atoms with van der Waals surface area (Å²) in [4.78, 5) is 11.5. The van der Waals surface area contributed by atoms with Gasteiger partial charge in [-0.3, -0.25) is 4.79 Å². The van der Waals surface area contributed by atoms with Crippen molar-refractivity contribution in [2.45, 2.75) is 39.2 Å². The van der Waals surface area contributed by atoms with E-state index < -0.39 is 0 Å². The van der Waals surface area contributed by atoms with Crippen LogP contribution in [-0.4, -0.2) is 11.9 Å². The van der Waals surface area contributed by atoms with Crippen LogP contribution in [0.2, 0.25) is 0 Å². The van der Waals surface area contributed by atoms with Gasteiger partial charge < -0.3 is 5.32 Å². The number of rotatable bonds is 5. The summed E-state index contributed by atoms with van der Waals surface area (Å²) in [6.45, 7) is 4.05. The molecule has 1 N–H and O–H groups in total. The standard InChI is InChI=1S/C14H18N2O/c1-3-11(2)16-14(17)9-8-12-4-6-13(10-15)7-5-12/h4-7,11H,3,8-9H2,1-2H3,(H,16,17). The first-order valence-corrected chi connectivity index (χ1v) is 5.94. The van der Waals surface area contributed by atoms with Crippen LogP contribution in [0.25, 0.3) is 0 Å². The van der Waals surface area contributed by atoms with Crippen LogP contribution in [0.3, 0.4) is 0 Å². The molecule has 1 amide bonds. The summed E-state index contributed by atoms with van der Waals surface area (Å²) < 4.78 is 0. The quantitative estimate of drug-likeness (QED) is 0.844. The molecule has 1 unspecified atom stereocenters. The zero-order valence-corrected chi connectivity index (χ0v) is 10.4. The molecule has 0 heterocycles. The molecule has 1 aromatic carbocycles. The first-order chi connectivity index (χ1) is 8.15. The molecule has 3 nitrogen and oxygen atoms in total. The largest absolute Gasteiger partial charge is 0.354 e. The van der Waals surface area contributed by atoms with Gasteiger partial charge in [0.25, 0.3) is 0 Å². The van der Waals surface area contributed by atoms with Crippen molar-refractivity contribution in [2.75, 3.05) is 0 Å². The van der Waals surface area contributed by atoms with E-state index in [-0.39, 0.29) is 11.9 Å². The zero-order chi connectivity index (χ0) is 12.7. The summed E-state index contributed by atoms with van der Waals surface area (Å²) in [5.74, 6) is 0.0868. The summed E-state index contributed by atoms with van der Waals surface area (Å²) in [5.41, 5.74) is 1.74. The molecule has 0 bridgehead atoms. The molecule has 17 heavy (non-hydrogen) atoms. The second kappa shape index (κ2) is 6.70. The van der Waals surface area contributed by atoms with Gasteiger partial charge in [-0.25, -0.2) is 0 Å². The number of carbonyl (C=O) groups is 1. The summed E-state index contributed by atoms with van der Waals surface area (Å²) >= 11 is 0. The third kappa shape index (κ3) is 4.69. The summed E-state index contributed by atoms with van der Waals surface area (Å²) in [6.07, 6.45) is 2.16. The first kappa shape index (κ1) is 13.2. The molecule has 0 saturated heterocycles. The van der Waals surface area contributed by atoms with Gasteiger partial charge in [0.2, 0.25) is 5.91 Å². The van der Waals surface area contributed by atoms with E-state index in [1.54, 1.807) is 12.1 Å². The van der Waals surface area contributed by atoms with Crippen molar-refractivity contribution >= 4 is 5.91 Å². The molecule has 0 aliphatic heterocycles. The van der Waals surface area contributed by atoms with E-state index in [9.17, 15) is 4.79 Å². The third-order valence-corrected chi connectivity index (χ3v) is 2.74. The molecule has 0 aromatic heterocycles. The van der Waals surface area contributed by atoms with Crippen molar-refractivity contribution in [1.82, 2.24) is 5.32 Å². The highest BCUT2D eigenvalue weighted by Crippen LogP contribution is 2.06. The number of hydrogen-bond donors (Lipinski definition) is 1. The van der Waals surface area contributed by atoms with Crippen molar-refractivity contribution in [3.05, 3.63) is 35.4 Å². The topological polar surface area (TPSA) is 52.9 Å². The van der Waals surface area contributed by atoms with E-state index in [1.165, 1.54) is 0 Å². The van der Waals surface area contributed by atoms with E-state index in [4.69, 9.17) is 5.26 Å². The van der Waals surface area contributed by atoms with Gasteiger partial charge in [0.1, 0.15) is 0 Å². The SMILES string of the molecule is CCC(C)NC(=O)CCc1ccc(C#N)cc1. The molecule has 0 spiro atoms. The number of aryl methyl sites for hydroxylation is 1. The average molecular weight is 230 g/mol. The van der Waals surface area contributed by atoms with Crippen molar-refractivity contribution in [2.24, 2.45) is 0 Å². The van der Waals surface area contributed by atoms with Gasteiger partial charge in [-0.2, -0.15) is 5.26 Å². The molecule has 3 heteroatoms. The lowest BCUT2D eigenvalue weighted by Crippen LogP contribution is -2.31. The van der Waals surface area contributed by atoms with Crippen LogP contribution in [-0.2, 0) is 11.2 Å². The Balaban J connectivity index is 2.40. The number of nitriles is 1. The normalized spacial score (nSPS) is 11.6. The molecule has 90 valence electrons. The zero-order valence-electron chi connectivity index (χ0n) is 10.4. The Morgan fingerprint density at radius 3 is 2.59 bits per heavy atom. The van der Waals surface area contributed by atoms with Crippen LogP contribution in [0.15, 0.2) is 24.3 Å². The lowest BCUT2D eigenvalue weighted by Gasteiger charge is -2.11. The molecule has 1 atom stereocenters. The Bertz CT molecular complexity index is 403. The highest BCUT2D eigenvalue weighted by molar-refractivity contribution is 5.76. The van der Waals surface area contributed by atoms with Crippen molar-refractivity contribution in [1.29, 1.82) is 5.26 Å². The second-order valence-corrected chi connectivity index (χ2v) is 4.19. The maximum absolute atomic E-state index is 11.5. The van der Waals surface area contributed by atoms with Crippen LogP contribution in [0.4, 0.5) is 0 Å². The predicted octanol–water partition coefficient (Wildman–Crippen LogP) is 2.41. The minimum absolute atomic E-state index is 0.0868. The Kier molecular flexibility index (Phi) is 5.22. The van der Waals surface area contributed by atoms with Crippen LogP contribution in [0.5, 0.6) is 0 Å². The highest BCUT2D eigenvalue weighted by atomic mass is 16.1. The minimum Gasteiger partial charge on any atom is -0.354 e. The molecular formula is C14H18N2O. The van der Waals surface area contributed by atoms with Crippen molar-refractivity contribution in [3.8, 4) is 6.07 Å². The van der Waals surface area contributed by atoms with Gasteiger partial charge in [0, 0.05) is 12.5 Å². The summed E-state index contributed by atoms with van der Waals surface area (Å²) in [7, 11) is 0. The number of carbonyl (C=O) groups excluding carboxylic acids is 1. The Morgan fingerprint density at radius 2 is 2.06 bits per heavy atom. The first-order valence-electron chi connectivity index (χ1n) is 5.94. The van der Waals surface area contributed by atoms with Gasteiger partial charge in [0.05, 0.1) is 11.6 Å². The van der Waals surface area contributed by atoms with Crippen molar-refractivity contribution < 1.29 is 4.79 Å². The highest BCUT2D eigenvalue weighted by Gasteiger charge is 2.05. The lowest BCUT2D eigenvalue weighted by atomic mass is 10.1. The predicted molar refractivity (Wildman–Crippen MR) is 67.4 cm³/mol. The van der Waals surface area contributed by atoms with Gasteiger partial charge in [-0.15, -0.1) is 0 Å². The van der Waals surface area contributed by atoms with Crippen molar-refractivity contribution in [3.63, 3.8) is 0 Å². The van der Waals surface area contributed by atoms with Crippen LogP contribution < -0.4 is 5.32 Å². The maximum atomic E-state index is 11.5. The van der Waals surface area contributed by atoms with E-state index in [0.717, 1.165) is 12.0 Å². The second-order valence-electron chi connectivity index (χ2n) is 4.19. The summed E-state index contributed by atoms with van der Waals surface area (Å²) in [5, 5.41) is 11.6. The van der Waals surface area contributed by atoms with Gasteiger partial charge in [0.15, 0.2) is 0 Å². The molecular weight excluding hydrogens is 212 g/mol. The molecule has 1 rings (SSSR count). The molecule has 0 saturated carbocycles. The Morgan fingerprint density at radius 1 is 1.41 bits per heavy atom. The van der Waals surface area contributed by atoms with Crippen LogP contribution in [0, 0.1) is 11.3 Å². The number of amides is 1. The van der Waals surface area contributed by atoms with Gasteiger partial charge >= 0.3 is 0 Å². The Hall–Kier alpha value is -1.82. The van der Waals surface area contributed by atoms with E-state index in [2.05, 4.69) is 11.4 Å². The smallest absolute Gasteiger partial charge is 0.220 e. The molecule has 1 aromatic rings. The molecule has 0 radical (unpaired) electrons.